The number of carbonyl (C=O) groups is 1. The summed E-state index contributed by atoms with van der Waals surface area (Å²) < 4.78 is 10.4. The van der Waals surface area contributed by atoms with Gasteiger partial charge in [-0.3, -0.25) is 4.79 Å². The molecule has 0 radical (unpaired) electrons. The van der Waals surface area contributed by atoms with Gasteiger partial charge in [0.25, 0.3) is 0 Å². The number of ether oxygens (including phenoxy) is 2. The first kappa shape index (κ1) is 14.9. The van der Waals surface area contributed by atoms with Crippen LogP contribution in [0.4, 0.5) is 0 Å². The number of hydrogen-bond donors (Lipinski definition) is 0. The van der Waals surface area contributed by atoms with Crippen molar-refractivity contribution in [2.75, 3.05) is 7.11 Å². The van der Waals surface area contributed by atoms with Crippen LogP contribution in [0, 0.1) is 0 Å². The third-order valence-electron chi connectivity index (χ3n) is 2.11. The summed E-state index contributed by atoms with van der Waals surface area (Å²) in [5, 5.41) is -0.224. The van der Waals surface area contributed by atoms with Gasteiger partial charge in [-0.25, -0.2) is 0 Å². The van der Waals surface area contributed by atoms with Gasteiger partial charge in [-0.2, -0.15) is 0 Å². The molecule has 1 aromatic rings. The summed E-state index contributed by atoms with van der Waals surface area (Å²) in [5.41, 5.74) is -0.439. The summed E-state index contributed by atoms with van der Waals surface area (Å²) in [4.78, 5) is 12.8. The Morgan fingerprint density at radius 2 is 1.78 bits per heavy atom. The molecule has 0 aliphatic heterocycles. The second-order valence-corrected chi connectivity index (χ2v) is 6.38. The average Bonchev–Trinajstić information content (AvgIpc) is 2.27. The predicted octanol–water partition coefficient (Wildman–Crippen LogP) is 3.52. The van der Waals surface area contributed by atoms with Crippen molar-refractivity contribution in [3.05, 3.63) is 24.3 Å². The van der Waals surface area contributed by atoms with Crippen LogP contribution in [-0.4, -0.2) is 23.9 Å². The van der Waals surface area contributed by atoms with Crippen molar-refractivity contribution >= 4 is 17.7 Å². The summed E-state index contributed by atoms with van der Waals surface area (Å²) in [6, 6.07) is 7.63. The Hall–Kier alpha value is -1.16. The lowest BCUT2D eigenvalue weighted by atomic mass is 10.2. The second kappa shape index (κ2) is 6.14. The first-order valence-electron chi connectivity index (χ1n) is 5.85. The van der Waals surface area contributed by atoms with Crippen LogP contribution >= 0.6 is 11.8 Å². The fourth-order valence-electron chi connectivity index (χ4n) is 1.29. The highest BCUT2D eigenvalue weighted by Crippen LogP contribution is 2.26. The quantitative estimate of drug-likeness (QED) is 0.618. The predicted molar refractivity (Wildman–Crippen MR) is 74.2 cm³/mol. The molecule has 0 aromatic heterocycles. The van der Waals surface area contributed by atoms with Crippen LogP contribution in [0.2, 0.25) is 0 Å². The molecule has 0 aliphatic rings. The van der Waals surface area contributed by atoms with Gasteiger partial charge in [0.15, 0.2) is 0 Å². The van der Waals surface area contributed by atoms with Crippen LogP contribution in [0.3, 0.4) is 0 Å². The number of carbonyl (C=O) groups excluding carboxylic acids is 1. The molecule has 1 rings (SSSR count). The number of rotatable bonds is 4. The molecule has 0 amide bonds. The van der Waals surface area contributed by atoms with E-state index in [2.05, 4.69) is 0 Å². The lowest BCUT2D eigenvalue weighted by molar-refractivity contribution is -0.153. The Kier molecular flexibility index (Phi) is 5.08. The molecule has 0 saturated heterocycles. The maximum absolute atomic E-state index is 11.8. The molecule has 100 valence electrons. The molecule has 1 aromatic carbocycles. The molecule has 4 heteroatoms. The molecule has 0 fully saturated rings. The summed E-state index contributed by atoms with van der Waals surface area (Å²) >= 11 is 1.48. The van der Waals surface area contributed by atoms with Gasteiger partial charge in [-0.15, -0.1) is 11.8 Å². The molecular weight excluding hydrogens is 248 g/mol. The number of hydrogen-bond acceptors (Lipinski definition) is 4. The third kappa shape index (κ3) is 5.00. The highest BCUT2D eigenvalue weighted by atomic mass is 32.2. The molecular formula is C14H20O3S. The van der Waals surface area contributed by atoms with E-state index in [0.717, 1.165) is 10.6 Å². The molecule has 0 heterocycles. The largest absolute Gasteiger partial charge is 0.497 e. The minimum atomic E-state index is -0.439. The maximum Gasteiger partial charge on any atom is 0.319 e. The smallest absolute Gasteiger partial charge is 0.319 e. The molecule has 0 saturated carbocycles. The van der Waals surface area contributed by atoms with Crippen molar-refractivity contribution in [1.29, 1.82) is 0 Å². The lowest BCUT2D eigenvalue weighted by Gasteiger charge is -2.22. The Morgan fingerprint density at radius 1 is 1.22 bits per heavy atom. The molecule has 0 bridgehead atoms. The van der Waals surface area contributed by atoms with E-state index in [1.807, 2.05) is 52.0 Å². The van der Waals surface area contributed by atoms with Crippen LogP contribution in [0.1, 0.15) is 27.7 Å². The maximum atomic E-state index is 11.8. The van der Waals surface area contributed by atoms with Gasteiger partial charge in [-0.1, -0.05) is 0 Å². The molecule has 0 spiro atoms. The summed E-state index contributed by atoms with van der Waals surface area (Å²) in [6.45, 7) is 7.46. The van der Waals surface area contributed by atoms with Gasteiger partial charge in [0.1, 0.15) is 16.6 Å². The average molecular weight is 268 g/mol. The van der Waals surface area contributed by atoms with Gasteiger partial charge >= 0.3 is 5.97 Å². The van der Waals surface area contributed by atoms with Crippen LogP contribution in [0.15, 0.2) is 29.2 Å². The van der Waals surface area contributed by atoms with E-state index in [9.17, 15) is 4.79 Å². The first-order chi connectivity index (χ1) is 8.31. The minimum Gasteiger partial charge on any atom is -0.497 e. The lowest BCUT2D eigenvalue weighted by Crippen LogP contribution is -2.28. The Bertz CT molecular complexity index is 392. The van der Waals surface area contributed by atoms with Gasteiger partial charge in [0.2, 0.25) is 0 Å². The SMILES string of the molecule is COc1ccc(SC(C)C(=O)OC(C)(C)C)cc1. The third-order valence-corrected chi connectivity index (χ3v) is 3.20. The van der Waals surface area contributed by atoms with E-state index in [1.165, 1.54) is 11.8 Å². The highest BCUT2D eigenvalue weighted by molar-refractivity contribution is 8.00. The minimum absolute atomic E-state index is 0.191. The van der Waals surface area contributed by atoms with Gasteiger partial charge < -0.3 is 9.47 Å². The van der Waals surface area contributed by atoms with Crippen molar-refractivity contribution in [2.45, 2.75) is 43.4 Å². The Labute approximate surface area is 113 Å². The van der Waals surface area contributed by atoms with E-state index < -0.39 is 5.60 Å². The van der Waals surface area contributed by atoms with Crippen molar-refractivity contribution in [3.63, 3.8) is 0 Å². The number of thioether (sulfide) groups is 1. The Balaban J connectivity index is 2.58. The molecule has 1 unspecified atom stereocenters. The van der Waals surface area contributed by atoms with Crippen LogP contribution < -0.4 is 4.74 Å². The van der Waals surface area contributed by atoms with Crippen LogP contribution in [0.5, 0.6) is 5.75 Å². The van der Waals surface area contributed by atoms with Crippen molar-refractivity contribution < 1.29 is 14.3 Å². The normalized spacial score (nSPS) is 12.9. The topological polar surface area (TPSA) is 35.5 Å². The fraction of sp³-hybridized carbons (Fsp3) is 0.500. The number of benzene rings is 1. The molecule has 18 heavy (non-hydrogen) atoms. The van der Waals surface area contributed by atoms with Crippen molar-refractivity contribution in [2.24, 2.45) is 0 Å². The van der Waals surface area contributed by atoms with Crippen LogP contribution in [-0.2, 0) is 9.53 Å². The first-order valence-corrected chi connectivity index (χ1v) is 6.73. The standard InChI is InChI=1S/C14H20O3S/c1-10(13(15)17-14(2,3)4)18-12-8-6-11(16-5)7-9-12/h6-10H,1-5H3. The van der Waals surface area contributed by atoms with E-state index >= 15 is 0 Å². The zero-order valence-corrected chi connectivity index (χ0v) is 12.3. The van der Waals surface area contributed by atoms with Crippen molar-refractivity contribution in [1.82, 2.24) is 0 Å². The molecule has 1 atom stereocenters. The summed E-state index contributed by atoms with van der Waals surface area (Å²) in [7, 11) is 1.63. The molecule has 3 nitrogen and oxygen atoms in total. The zero-order chi connectivity index (χ0) is 13.8. The van der Waals surface area contributed by atoms with E-state index in [1.54, 1.807) is 7.11 Å². The van der Waals surface area contributed by atoms with E-state index in [4.69, 9.17) is 9.47 Å². The van der Waals surface area contributed by atoms with Gasteiger partial charge in [-0.05, 0) is 52.0 Å². The fourth-order valence-corrected chi connectivity index (χ4v) is 2.14. The van der Waals surface area contributed by atoms with E-state index in [-0.39, 0.29) is 11.2 Å². The Morgan fingerprint density at radius 3 is 2.22 bits per heavy atom. The summed E-state index contributed by atoms with van der Waals surface area (Å²) in [5.74, 6) is 0.618. The monoisotopic (exact) mass is 268 g/mol. The highest BCUT2D eigenvalue weighted by Gasteiger charge is 2.22. The van der Waals surface area contributed by atoms with Crippen LogP contribution in [0.25, 0.3) is 0 Å². The van der Waals surface area contributed by atoms with E-state index in [0.29, 0.717) is 0 Å². The number of methoxy groups -OCH3 is 1. The number of esters is 1. The molecule has 0 N–H and O–H groups in total. The van der Waals surface area contributed by atoms with Gasteiger partial charge in [0, 0.05) is 4.90 Å². The second-order valence-electron chi connectivity index (χ2n) is 4.97. The van der Waals surface area contributed by atoms with Crippen molar-refractivity contribution in [3.8, 4) is 5.75 Å². The van der Waals surface area contributed by atoms with Gasteiger partial charge in [0.05, 0.1) is 7.11 Å². The summed E-state index contributed by atoms with van der Waals surface area (Å²) in [6.07, 6.45) is 0. The zero-order valence-electron chi connectivity index (χ0n) is 11.5. The molecule has 0 aliphatic carbocycles.